The fourth-order valence-corrected chi connectivity index (χ4v) is 9.71. The second-order valence-electron chi connectivity index (χ2n) is 7.13. The highest BCUT2D eigenvalue weighted by Gasteiger charge is 2.38. The molecule has 0 saturated heterocycles. The largest absolute Gasteiger partial charge is 0.281 e. The Morgan fingerprint density at radius 3 is 2.04 bits per heavy atom. The number of rotatable bonds is 7. The van der Waals surface area contributed by atoms with Gasteiger partial charge in [-0.2, -0.15) is 0 Å². The van der Waals surface area contributed by atoms with Gasteiger partial charge in [-0.15, -0.1) is 44.3 Å². The van der Waals surface area contributed by atoms with Crippen molar-refractivity contribution in [3.63, 3.8) is 0 Å². The van der Waals surface area contributed by atoms with E-state index in [1.165, 1.54) is 16.7 Å². The lowest BCUT2D eigenvalue weighted by Crippen LogP contribution is -2.41. The third kappa shape index (κ3) is 5.30. The van der Waals surface area contributed by atoms with Crippen LogP contribution in [-0.4, -0.2) is 13.4 Å². The average Bonchev–Trinajstić information content (AvgIpc) is 2.59. The first-order valence-electron chi connectivity index (χ1n) is 9.00. The first-order valence-corrected chi connectivity index (χ1v) is 17.8. The lowest BCUT2D eigenvalue weighted by atomic mass is 10.0. The maximum Gasteiger partial charge on any atom is 0.281 e. The van der Waals surface area contributed by atoms with Crippen molar-refractivity contribution in [3.05, 3.63) is 65.2 Å². The summed E-state index contributed by atoms with van der Waals surface area (Å²) in [5.41, 5.74) is 3.84. The number of hydrogen-bond acceptors (Lipinski definition) is 0. The Hall–Kier alpha value is 0.0338. The highest BCUT2D eigenvalue weighted by atomic mass is 35.7. The molecule has 26 heavy (non-hydrogen) atoms. The van der Waals surface area contributed by atoms with Gasteiger partial charge in [0.2, 0.25) is 0 Å². The molecule has 0 fully saturated rings. The van der Waals surface area contributed by atoms with Crippen molar-refractivity contribution in [2.75, 3.05) is 0 Å². The minimum absolute atomic E-state index is 0.130. The predicted molar refractivity (Wildman–Crippen MR) is 124 cm³/mol. The molecular formula is C20H26Cl4Si2. The quantitative estimate of drug-likeness (QED) is 0.296. The molecule has 0 bridgehead atoms. The van der Waals surface area contributed by atoms with Crippen LogP contribution < -0.4 is 5.19 Å². The molecule has 0 aliphatic heterocycles. The zero-order valence-corrected chi connectivity index (χ0v) is 20.7. The maximum atomic E-state index is 7.03. The third-order valence-electron chi connectivity index (χ3n) is 5.12. The minimum Gasteiger partial charge on any atom is -0.145 e. The van der Waals surface area contributed by atoms with Crippen molar-refractivity contribution >= 4 is 62.9 Å². The van der Waals surface area contributed by atoms with Gasteiger partial charge in [0.1, 0.15) is 0 Å². The van der Waals surface area contributed by atoms with Gasteiger partial charge in [-0.3, -0.25) is 0 Å². The number of benzene rings is 2. The molecule has 6 heteroatoms. The molecule has 2 atom stereocenters. The summed E-state index contributed by atoms with van der Waals surface area (Å²) in [5.74, 6) is 0.310. The molecule has 0 spiro atoms. The van der Waals surface area contributed by atoms with Gasteiger partial charge >= 0.3 is 0 Å². The van der Waals surface area contributed by atoms with Crippen molar-refractivity contribution in [2.24, 2.45) is 0 Å². The van der Waals surface area contributed by atoms with Crippen molar-refractivity contribution in [1.82, 2.24) is 0 Å². The van der Waals surface area contributed by atoms with Crippen molar-refractivity contribution < 1.29 is 0 Å². The van der Waals surface area contributed by atoms with Crippen LogP contribution in [0.1, 0.15) is 48.9 Å². The highest BCUT2D eigenvalue weighted by molar-refractivity contribution is 7.51. The van der Waals surface area contributed by atoms with E-state index in [1.807, 2.05) is 18.7 Å². The van der Waals surface area contributed by atoms with E-state index in [9.17, 15) is 0 Å². The van der Waals surface area contributed by atoms with Crippen molar-refractivity contribution in [1.29, 1.82) is 0 Å². The normalized spacial score (nSPS) is 14.9. The molecule has 2 aromatic carbocycles. The van der Waals surface area contributed by atoms with Gasteiger partial charge in [-0.25, -0.2) is 0 Å². The summed E-state index contributed by atoms with van der Waals surface area (Å²) >= 11 is 27.1. The standard InChI is InChI=1S/C20H26Cl4Si2/c1-5-18-19(16(3)25(4,21)22)12-9-13-20(18)26(23,24)14-15(2)17-10-7-6-8-11-17/h6-13,15-16H,5,14H2,1-4H3. The molecule has 0 aromatic heterocycles. The molecule has 0 nitrogen and oxygen atoms in total. The zero-order chi connectivity index (χ0) is 19.5. The van der Waals surface area contributed by atoms with Gasteiger partial charge in [-0.1, -0.05) is 69.3 Å². The van der Waals surface area contributed by atoms with Crippen LogP contribution in [0.4, 0.5) is 0 Å². The predicted octanol–water partition coefficient (Wildman–Crippen LogP) is 7.37. The maximum absolute atomic E-state index is 7.03. The zero-order valence-electron chi connectivity index (χ0n) is 15.7. The van der Waals surface area contributed by atoms with Gasteiger partial charge in [-0.05, 0) is 46.8 Å². The smallest absolute Gasteiger partial charge is 0.145 e. The Morgan fingerprint density at radius 2 is 1.50 bits per heavy atom. The van der Waals surface area contributed by atoms with E-state index >= 15 is 0 Å². The fourth-order valence-electron chi connectivity index (χ4n) is 3.41. The first-order chi connectivity index (χ1) is 12.1. The van der Waals surface area contributed by atoms with E-state index in [2.05, 4.69) is 57.2 Å². The summed E-state index contributed by atoms with van der Waals surface area (Å²) in [4.78, 5) is 0. The molecule has 2 rings (SSSR count). The van der Waals surface area contributed by atoms with E-state index in [0.29, 0.717) is 5.92 Å². The Bertz CT molecular complexity index is 726. The SMILES string of the molecule is CCc1c(C(C)[Si](C)(Cl)Cl)cccc1[Si](Cl)(Cl)CC(C)c1ccccc1. The lowest BCUT2D eigenvalue weighted by Gasteiger charge is -2.28. The van der Waals surface area contributed by atoms with E-state index in [0.717, 1.165) is 17.7 Å². The van der Waals surface area contributed by atoms with Crippen LogP contribution in [0.25, 0.3) is 0 Å². The van der Waals surface area contributed by atoms with Crippen LogP contribution in [-0.2, 0) is 6.42 Å². The molecule has 0 saturated carbocycles. The Balaban J connectivity index is 2.40. The van der Waals surface area contributed by atoms with E-state index in [4.69, 9.17) is 44.3 Å². The molecule has 0 radical (unpaired) electrons. The van der Waals surface area contributed by atoms with E-state index in [-0.39, 0.29) is 5.54 Å². The van der Waals surface area contributed by atoms with Crippen molar-refractivity contribution in [2.45, 2.75) is 51.2 Å². The van der Waals surface area contributed by atoms with Crippen LogP contribution in [0.3, 0.4) is 0 Å². The molecular weight excluding hydrogens is 438 g/mol. The fraction of sp³-hybridized carbons (Fsp3) is 0.400. The highest BCUT2D eigenvalue weighted by Crippen LogP contribution is 2.37. The molecule has 0 N–H and O–H groups in total. The lowest BCUT2D eigenvalue weighted by molar-refractivity contribution is 0.856. The van der Waals surface area contributed by atoms with Crippen LogP contribution in [0.5, 0.6) is 0 Å². The molecule has 2 aromatic rings. The summed E-state index contributed by atoms with van der Waals surface area (Å²) in [5, 5.41) is 1.11. The van der Waals surface area contributed by atoms with Crippen LogP contribution in [0.2, 0.25) is 12.6 Å². The first kappa shape index (κ1) is 22.3. The van der Waals surface area contributed by atoms with E-state index < -0.39 is 13.4 Å². The minimum atomic E-state index is -2.65. The van der Waals surface area contributed by atoms with E-state index in [1.54, 1.807) is 0 Å². The topological polar surface area (TPSA) is 0 Å². The Morgan fingerprint density at radius 1 is 0.885 bits per heavy atom. The van der Waals surface area contributed by atoms with Crippen LogP contribution >= 0.6 is 44.3 Å². The van der Waals surface area contributed by atoms with Gasteiger partial charge in [0.15, 0.2) is 0 Å². The van der Waals surface area contributed by atoms with Gasteiger partial charge in [0, 0.05) is 5.54 Å². The van der Waals surface area contributed by atoms with Gasteiger partial charge in [0.25, 0.3) is 13.4 Å². The van der Waals surface area contributed by atoms with Crippen LogP contribution in [0.15, 0.2) is 48.5 Å². The third-order valence-corrected chi connectivity index (χ3v) is 13.4. The average molecular weight is 464 g/mol. The molecule has 0 aliphatic carbocycles. The number of halogens is 4. The Kier molecular flexibility index (Phi) is 7.75. The number of hydrogen-bond donors (Lipinski definition) is 0. The molecule has 0 aliphatic rings. The second kappa shape index (κ2) is 9.02. The van der Waals surface area contributed by atoms with Gasteiger partial charge < -0.3 is 0 Å². The molecule has 0 amide bonds. The van der Waals surface area contributed by atoms with Gasteiger partial charge in [0.05, 0.1) is 0 Å². The molecule has 142 valence electrons. The summed E-state index contributed by atoms with van der Waals surface area (Å²) in [6.07, 6.45) is 0.877. The summed E-state index contributed by atoms with van der Waals surface area (Å²) in [7, 11) is 0. The summed E-state index contributed by atoms with van der Waals surface area (Å²) < 4.78 is 0. The summed E-state index contributed by atoms with van der Waals surface area (Å²) in [6.45, 7) is 3.43. The van der Waals surface area contributed by atoms with Crippen molar-refractivity contribution in [3.8, 4) is 0 Å². The molecule has 0 heterocycles. The summed E-state index contributed by atoms with van der Waals surface area (Å²) in [6, 6.07) is 17.5. The Labute approximate surface area is 178 Å². The molecule has 2 unspecified atom stereocenters. The van der Waals surface area contributed by atoms with Crippen LogP contribution in [0, 0.1) is 0 Å². The monoisotopic (exact) mass is 462 g/mol. The second-order valence-corrected chi connectivity index (χ2v) is 22.0.